The predicted molar refractivity (Wildman–Crippen MR) is 80.8 cm³/mol. The van der Waals surface area contributed by atoms with Gasteiger partial charge >= 0.3 is 0 Å². The van der Waals surface area contributed by atoms with Crippen molar-refractivity contribution in [3.63, 3.8) is 0 Å². The van der Waals surface area contributed by atoms with Crippen molar-refractivity contribution in [2.45, 2.75) is 58.1 Å². The number of amides is 1. The van der Waals surface area contributed by atoms with Crippen LogP contribution in [0, 0.1) is 6.92 Å². The van der Waals surface area contributed by atoms with Crippen molar-refractivity contribution in [1.29, 1.82) is 0 Å². The summed E-state index contributed by atoms with van der Waals surface area (Å²) in [5.74, 6) is 0.109. The van der Waals surface area contributed by atoms with Gasteiger partial charge in [0, 0.05) is 18.2 Å². The highest BCUT2D eigenvalue weighted by molar-refractivity contribution is 5.94. The lowest BCUT2D eigenvalue weighted by atomic mass is 10.0. The molecule has 1 aliphatic rings. The van der Waals surface area contributed by atoms with Crippen molar-refractivity contribution in [3.05, 3.63) is 35.4 Å². The Kier molecular flexibility index (Phi) is 5.18. The van der Waals surface area contributed by atoms with Crippen LogP contribution in [0.1, 0.15) is 54.9 Å². The Hall–Kier alpha value is -1.35. The molecular formula is C17H25NO2. The number of hydrogen-bond donors (Lipinski definition) is 1. The molecule has 1 N–H and O–H groups in total. The summed E-state index contributed by atoms with van der Waals surface area (Å²) in [6.07, 6.45) is 4.71. The molecule has 0 spiro atoms. The van der Waals surface area contributed by atoms with Crippen LogP contribution in [0.5, 0.6) is 0 Å². The molecule has 2 atom stereocenters. The van der Waals surface area contributed by atoms with Gasteiger partial charge in [0.25, 0.3) is 5.91 Å². The van der Waals surface area contributed by atoms with Crippen molar-refractivity contribution in [2.24, 2.45) is 0 Å². The zero-order chi connectivity index (χ0) is 14.5. The van der Waals surface area contributed by atoms with Gasteiger partial charge in [0.05, 0.1) is 6.10 Å². The second-order valence-corrected chi connectivity index (χ2v) is 5.95. The number of carbonyl (C=O) groups excluding carboxylic acids is 1. The minimum absolute atomic E-state index is 0.109. The average Bonchev–Trinajstić information content (AvgIpc) is 2.63. The summed E-state index contributed by atoms with van der Waals surface area (Å²) in [4.78, 5) is 14.7. The van der Waals surface area contributed by atoms with Gasteiger partial charge in [-0.05, 0) is 45.2 Å². The normalized spacial score (nSPS) is 21.4. The van der Waals surface area contributed by atoms with Crippen molar-refractivity contribution in [2.75, 3.05) is 6.54 Å². The number of aliphatic hydroxyl groups excluding tert-OH is 1. The number of nitrogens with zero attached hydrogens (tertiary/aromatic N) is 1. The van der Waals surface area contributed by atoms with Gasteiger partial charge in [-0.25, -0.2) is 0 Å². The van der Waals surface area contributed by atoms with Crippen LogP contribution >= 0.6 is 0 Å². The molecule has 110 valence electrons. The number of likely N-dealkylation sites (tertiary alicyclic amines) is 1. The molecule has 1 amide bonds. The first-order valence-electron chi connectivity index (χ1n) is 7.63. The number of carbonyl (C=O) groups is 1. The Balaban J connectivity index is 2.16. The van der Waals surface area contributed by atoms with E-state index < -0.39 is 0 Å². The molecule has 0 aromatic heterocycles. The molecule has 2 rings (SSSR count). The van der Waals surface area contributed by atoms with Gasteiger partial charge in [-0.15, -0.1) is 0 Å². The molecule has 0 saturated carbocycles. The number of aliphatic hydroxyl groups is 1. The van der Waals surface area contributed by atoms with Crippen molar-refractivity contribution in [3.8, 4) is 0 Å². The number of hydrogen-bond acceptors (Lipinski definition) is 2. The minimum Gasteiger partial charge on any atom is -0.393 e. The highest BCUT2D eigenvalue weighted by Crippen LogP contribution is 2.22. The molecule has 1 aliphatic heterocycles. The van der Waals surface area contributed by atoms with E-state index in [0.717, 1.165) is 36.9 Å². The molecule has 1 fully saturated rings. The van der Waals surface area contributed by atoms with Crippen LogP contribution in [-0.2, 0) is 0 Å². The lowest BCUT2D eigenvalue weighted by molar-refractivity contribution is 0.0607. The smallest absolute Gasteiger partial charge is 0.254 e. The van der Waals surface area contributed by atoms with Crippen LogP contribution in [-0.4, -0.2) is 34.6 Å². The van der Waals surface area contributed by atoms with Crippen molar-refractivity contribution >= 4 is 5.91 Å². The monoisotopic (exact) mass is 275 g/mol. The zero-order valence-corrected chi connectivity index (χ0v) is 12.5. The first-order chi connectivity index (χ1) is 9.58. The highest BCUT2D eigenvalue weighted by atomic mass is 16.3. The van der Waals surface area contributed by atoms with E-state index in [1.54, 1.807) is 6.92 Å². The quantitative estimate of drug-likeness (QED) is 0.920. The third-order valence-electron chi connectivity index (χ3n) is 4.05. The topological polar surface area (TPSA) is 40.5 Å². The Morgan fingerprint density at radius 3 is 2.65 bits per heavy atom. The average molecular weight is 275 g/mol. The summed E-state index contributed by atoms with van der Waals surface area (Å²) >= 11 is 0. The van der Waals surface area contributed by atoms with E-state index in [1.165, 1.54) is 6.42 Å². The third kappa shape index (κ3) is 3.83. The molecule has 1 saturated heterocycles. The number of aryl methyl sites for hydroxylation is 1. The third-order valence-corrected chi connectivity index (χ3v) is 4.05. The van der Waals surface area contributed by atoms with Crippen LogP contribution in [0.25, 0.3) is 0 Å². The lowest BCUT2D eigenvalue weighted by Gasteiger charge is -2.31. The fourth-order valence-electron chi connectivity index (χ4n) is 2.95. The molecule has 20 heavy (non-hydrogen) atoms. The summed E-state index contributed by atoms with van der Waals surface area (Å²) in [6, 6.07) is 7.94. The van der Waals surface area contributed by atoms with Crippen LogP contribution in [0.2, 0.25) is 0 Å². The summed E-state index contributed by atoms with van der Waals surface area (Å²) in [6.45, 7) is 4.64. The number of benzene rings is 1. The lowest BCUT2D eigenvalue weighted by Crippen LogP contribution is -2.41. The van der Waals surface area contributed by atoms with E-state index in [9.17, 15) is 9.90 Å². The van der Waals surface area contributed by atoms with Crippen LogP contribution in [0.15, 0.2) is 24.3 Å². The fourth-order valence-corrected chi connectivity index (χ4v) is 2.95. The van der Waals surface area contributed by atoms with Crippen LogP contribution < -0.4 is 0 Å². The van der Waals surface area contributed by atoms with E-state index in [4.69, 9.17) is 0 Å². The Labute approximate surface area is 121 Å². The maximum Gasteiger partial charge on any atom is 0.254 e. The molecule has 0 aliphatic carbocycles. The van der Waals surface area contributed by atoms with Gasteiger partial charge < -0.3 is 10.0 Å². The van der Waals surface area contributed by atoms with Gasteiger partial charge in [-0.3, -0.25) is 4.79 Å². The van der Waals surface area contributed by atoms with Gasteiger partial charge in [0.1, 0.15) is 0 Å². The molecule has 1 aromatic carbocycles. The second-order valence-electron chi connectivity index (χ2n) is 5.95. The summed E-state index contributed by atoms with van der Waals surface area (Å²) in [5.41, 5.74) is 1.92. The second kappa shape index (κ2) is 6.89. The van der Waals surface area contributed by atoms with Gasteiger partial charge in [0.2, 0.25) is 0 Å². The van der Waals surface area contributed by atoms with Gasteiger partial charge in [-0.1, -0.05) is 30.5 Å². The van der Waals surface area contributed by atoms with E-state index in [0.29, 0.717) is 6.42 Å². The Morgan fingerprint density at radius 2 is 2.00 bits per heavy atom. The SMILES string of the molecule is Cc1ccc(C(=O)N2CCCCCC2CC(C)O)cc1. The van der Waals surface area contributed by atoms with E-state index in [-0.39, 0.29) is 18.1 Å². The molecule has 3 heteroatoms. The first kappa shape index (κ1) is 15.0. The van der Waals surface area contributed by atoms with Crippen LogP contribution in [0.4, 0.5) is 0 Å². The van der Waals surface area contributed by atoms with E-state index >= 15 is 0 Å². The predicted octanol–water partition coefficient (Wildman–Crippen LogP) is 3.15. The maximum atomic E-state index is 12.7. The molecule has 2 unspecified atom stereocenters. The first-order valence-corrected chi connectivity index (χ1v) is 7.63. The minimum atomic E-state index is -0.355. The molecule has 1 heterocycles. The Bertz CT molecular complexity index is 439. The van der Waals surface area contributed by atoms with Gasteiger partial charge in [0.15, 0.2) is 0 Å². The maximum absolute atomic E-state index is 12.7. The number of rotatable bonds is 3. The van der Waals surface area contributed by atoms with Crippen LogP contribution in [0.3, 0.4) is 0 Å². The van der Waals surface area contributed by atoms with Crippen molar-refractivity contribution < 1.29 is 9.90 Å². The zero-order valence-electron chi connectivity index (χ0n) is 12.5. The molecule has 3 nitrogen and oxygen atoms in total. The summed E-state index contributed by atoms with van der Waals surface area (Å²) in [5, 5.41) is 9.67. The standard InChI is InChI=1S/C17H25NO2/c1-13-7-9-15(10-8-13)17(20)18-11-5-3-4-6-16(18)12-14(2)19/h7-10,14,16,19H,3-6,11-12H2,1-2H3. The molecular weight excluding hydrogens is 250 g/mol. The highest BCUT2D eigenvalue weighted by Gasteiger charge is 2.27. The summed E-state index contributed by atoms with van der Waals surface area (Å²) < 4.78 is 0. The molecule has 1 aromatic rings. The largest absolute Gasteiger partial charge is 0.393 e. The van der Waals surface area contributed by atoms with Gasteiger partial charge in [-0.2, -0.15) is 0 Å². The molecule has 0 bridgehead atoms. The van der Waals surface area contributed by atoms with E-state index in [1.807, 2.05) is 36.1 Å². The van der Waals surface area contributed by atoms with Crippen molar-refractivity contribution in [1.82, 2.24) is 4.90 Å². The Morgan fingerprint density at radius 1 is 1.30 bits per heavy atom. The summed E-state index contributed by atoms with van der Waals surface area (Å²) in [7, 11) is 0. The van der Waals surface area contributed by atoms with E-state index in [2.05, 4.69) is 0 Å². The fraction of sp³-hybridized carbons (Fsp3) is 0.588. The molecule has 0 radical (unpaired) electrons.